The number of thiophene rings is 1. The van der Waals surface area contributed by atoms with Crippen LogP contribution in [-0.2, 0) is 0 Å². The van der Waals surface area contributed by atoms with Crippen molar-refractivity contribution in [1.82, 2.24) is 5.32 Å². The van der Waals surface area contributed by atoms with Crippen LogP contribution in [0.15, 0.2) is 6.07 Å². The number of halogens is 2. The van der Waals surface area contributed by atoms with Crippen LogP contribution in [-0.4, -0.2) is 6.54 Å². The maximum Gasteiger partial charge on any atom is 0.0991 e. The van der Waals surface area contributed by atoms with E-state index in [1.807, 2.05) is 6.07 Å². The number of hydrogen-bond acceptors (Lipinski definition) is 2. The zero-order chi connectivity index (χ0) is 12.7. The van der Waals surface area contributed by atoms with Crippen LogP contribution >= 0.6 is 34.5 Å². The van der Waals surface area contributed by atoms with Gasteiger partial charge in [0.15, 0.2) is 0 Å². The Morgan fingerprint density at radius 2 is 2.22 bits per heavy atom. The first kappa shape index (κ1) is 13.2. The van der Waals surface area contributed by atoms with Gasteiger partial charge in [0.05, 0.1) is 8.67 Å². The molecule has 1 N–H and O–H groups in total. The van der Waals surface area contributed by atoms with E-state index in [1.54, 1.807) is 0 Å². The van der Waals surface area contributed by atoms with Crippen molar-refractivity contribution in [2.75, 3.05) is 6.54 Å². The topological polar surface area (TPSA) is 12.0 Å². The summed E-state index contributed by atoms with van der Waals surface area (Å²) in [7, 11) is 0. The smallest absolute Gasteiger partial charge is 0.0991 e. The zero-order valence-corrected chi connectivity index (χ0v) is 12.9. The van der Waals surface area contributed by atoms with E-state index in [2.05, 4.69) is 12.2 Å². The summed E-state index contributed by atoms with van der Waals surface area (Å²) in [4.78, 5) is 0. The van der Waals surface area contributed by atoms with Crippen LogP contribution in [0.3, 0.4) is 0 Å². The van der Waals surface area contributed by atoms with E-state index in [0.29, 0.717) is 6.04 Å². The minimum Gasteiger partial charge on any atom is -0.310 e. The van der Waals surface area contributed by atoms with Crippen LogP contribution in [0.5, 0.6) is 0 Å². The van der Waals surface area contributed by atoms with Crippen LogP contribution in [0.25, 0.3) is 0 Å². The Balaban J connectivity index is 1.55. The minimum atomic E-state index is 0.306. The Labute approximate surface area is 123 Å². The summed E-state index contributed by atoms with van der Waals surface area (Å²) in [5, 5.41) is 3.64. The van der Waals surface area contributed by atoms with Crippen LogP contribution in [0.4, 0.5) is 0 Å². The van der Waals surface area contributed by atoms with Gasteiger partial charge in [0.1, 0.15) is 0 Å². The zero-order valence-electron chi connectivity index (χ0n) is 10.6. The lowest BCUT2D eigenvalue weighted by atomic mass is 9.88. The van der Waals surface area contributed by atoms with E-state index in [9.17, 15) is 0 Å². The Morgan fingerprint density at radius 3 is 2.78 bits per heavy atom. The predicted octanol–water partition coefficient (Wildman–Crippen LogP) is 5.14. The maximum absolute atomic E-state index is 6.19. The van der Waals surface area contributed by atoms with Crippen molar-refractivity contribution in [3.8, 4) is 0 Å². The van der Waals surface area contributed by atoms with Gasteiger partial charge in [0, 0.05) is 6.04 Å². The third kappa shape index (κ3) is 2.58. The van der Waals surface area contributed by atoms with E-state index in [0.717, 1.165) is 38.5 Å². The molecule has 0 amide bonds. The SMILES string of the molecule is CC(NCC1CC2CCC1C2)c1cc(Cl)sc1Cl. The first-order valence-electron chi connectivity index (χ1n) is 6.81. The fourth-order valence-electron chi connectivity index (χ4n) is 3.71. The van der Waals surface area contributed by atoms with E-state index >= 15 is 0 Å². The molecule has 1 aromatic heterocycles. The summed E-state index contributed by atoms with van der Waals surface area (Å²) in [6.07, 6.45) is 5.84. The molecule has 18 heavy (non-hydrogen) atoms. The van der Waals surface area contributed by atoms with Crippen molar-refractivity contribution in [1.29, 1.82) is 0 Å². The molecule has 0 aliphatic heterocycles. The monoisotopic (exact) mass is 303 g/mol. The highest BCUT2D eigenvalue weighted by Gasteiger charge is 2.39. The van der Waals surface area contributed by atoms with Gasteiger partial charge < -0.3 is 5.32 Å². The number of hydrogen-bond donors (Lipinski definition) is 1. The highest BCUT2D eigenvalue weighted by Crippen LogP contribution is 2.48. The second-order valence-electron chi connectivity index (χ2n) is 5.84. The van der Waals surface area contributed by atoms with Gasteiger partial charge >= 0.3 is 0 Å². The van der Waals surface area contributed by atoms with E-state index < -0.39 is 0 Å². The van der Waals surface area contributed by atoms with Crippen LogP contribution in [0.2, 0.25) is 8.67 Å². The summed E-state index contributed by atoms with van der Waals surface area (Å²) in [5.41, 5.74) is 1.15. The molecule has 2 aliphatic carbocycles. The number of rotatable bonds is 4. The summed E-state index contributed by atoms with van der Waals surface area (Å²) >= 11 is 13.6. The number of nitrogens with one attached hydrogen (secondary N) is 1. The Morgan fingerprint density at radius 1 is 1.39 bits per heavy atom. The normalized spacial score (nSPS) is 32.1. The summed E-state index contributed by atoms with van der Waals surface area (Å²) < 4.78 is 1.61. The third-order valence-electron chi connectivity index (χ3n) is 4.72. The molecule has 0 spiro atoms. The van der Waals surface area contributed by atoms with Gasteiger partial charge in [-0.05, 0) is 62.1 Å². The molecule has 1 heterocycles. The van der Waals surface area contributed by atoms with Gasteiger partial charge in [0.25, 0.3) is 0 Å². The highest BCUT2D eigenvalue weighted by molar-refractivity contribution is 7.20. The average Bonchev–Trinajstić information content (AvgIpc) is 3.01. The maximum atomic E-state index is 6.19. The van der Waals surface area contributed by atoms with Gasteiger partial charge in [-0.2, -0.15) is 0 Å². The van der Waals surface area contributed by atoms with Crippen molar-refractivity contribution in [2.24, 2.45) is 17.8 Å². The molecule has 2 aliphatic rings. The first-order chi connectivity index (χ1) is 8.63. The minimum absolute atomic E-state index is 0.306. The van der Waals surface area contributed by atoms with Gasteiger partial charge in [-0.15, -0.1) is 11.3 Å². The van der Waals surface area contributed by atoms with Crippen molar-refractivity contribution < 1.29 is 0 Å². The van der Waals surface area contributed by atoms with Crippen molar-refractivity contribution in [3.63, 3.8) is 0 Å². The van der Waals surface area contributed by atoms with Gasteiger partial charge in [-0.1, -0.05) is 29.6 Å². The van der Waals surface area contributed by atoms with E-state index in [1.165, 1.54) is 37.0 Å². The molecular formula is C14H19Cl2NS. The highest BCUT2D eigenvalue weighted by atomic mass is 35.5. The standard InChI is InChI=1S/C14H19Cl2NS/c1-8(12-6-13(15)18-14(12)16)17-7-11-5-9-2-3-10(11)4-9/h6,8-11,17H,2-5,7H2,1H3. The lowest BCUT2D eigenvalue weighted by molar-refractivity contribution is 0.309. The molecule has 2 fully saturated rings. The first-order valence-corrected chi connectivity index (χ1v) is 8.39. The molecule has 0 aromatic carbocycles. The average molecular weight is 304 g/mol. The summed E-state index contributed by atoms with van der Waals surface area (Å²) in [6.45, 7) is 3.31. The van der Waals surface area contributed by atoms with Crippen molar-refractivity contribution >= 4 is 34.5 Å². The molecule has 2 bridgehead atoms. The quantitative estimate of drug-likeness (QED) is 0.812. The second kappa shape index (κ2) is 5.32. The number of fused-ring (bicyclic) bond motifs is 2. The Bertz CT molecular complexity index is 431. The lowest BCUT2D eigenvalue weighted by Gasteiger charge is -2.24. The largest absolute Gasteiger partial charge is 0.310 e. The second-order valence-corrected chi connectivity index (χ2v) is 8.13. The summed E-state index contributed by atoms with van der Waals surface area (Å²) in [5.74, 6) is 2.90. The molecule has 0 radical (unpaired) electrons. The van der Waals surface area contributed by atoms with E-state index in [-0.39, 0.29) is 0 Å². The predicted molar refractivity (Wildman–Crippen MR) is 79.7 cm³/mol. The third-order valence-corrected chi connectivity index (χ3v) is 6.24. The molecule has 2 saturated carbocycles. The van der Waals surface area contributed by atoms with Crippen LogP contribution in [0, 0.1) is 17.8 Å². The van der Waals surface area contributed by atoms with Crippen LogP contribution < -0.4 is 5.32 Å². The fourth-order valence-corrected chi connectivity index (χ4v) is 5.36. The molecular weight excluding hydrogens is 285 g/mol. The summed E-state index contributed by atoms with van der Waals surface area (Å²) in [6, 6.07) is 2.30. The lowest BCUT2D eigenvalue weighted by Crippen LogP contribution is -2.28. The molecule has 1 nitrogen and oxygen atoms in total. The Hall–Kier alpha value is 0.240. The van der Waals surface area contributed by atoms with Crippen molar-refractivity contribution in [3.05, 3.63) is 20.3 Å². The van der Waals surface area contributed by atoms with Gasteiger partial charge in [-0.3, -0.25) is 0 Å². The molecule has 4 unspecified atom stereocenters. The molecule has 0 saturated heterocycles. The van der Waals surface area contributed by atoms with Gasteiger partial charge in [-0.25, -0.2) is 0 Å². The molecule has 4 heteroatoms. The molecule has 1 aromatic rings. The van der Waals surface area contributed by atoms with Gasteiger partial charge in [0.2, 0.25) is 0 Å². The molecule has 100 valence electrons. The molecule has 3 rings (SSSR count). The van der Waals surface area contributed by atoms with Crippen LogP contribution in [0.1, 0.15) is 44.2 Å². The fraction of sp³-hybridized carbons (Fsp3) is 0.714. The van der Waals surface area contributed by atoms with E-state index in [4.69, 9.17) is 23.2 Å². The Kier molecular flexibility index (Phi) is 3.91. The van der Waals surface area contributed by atoms with Crippen molar-refractivity contribution in [2.45, 2.75) is 38.6 Å². The molecule has 4 atom stereocenters.